The third kappa shape index (κ3) is 4.43. The maximum atomic E-state index is 12.3. The third-order valence-corrected chi connectivity index (χ3v) is 6.45. The van der Waals surface area contributed by atoms with E-state index in [1.54, 1.807) is 28.4 Å². The molecule has 0 aliphatic carbocycles. The molecule has 4 aromatic rings. The summed E-state index contributed by atoms with van der Waals surface area (Å²) in [5.41, 5.74) is 2.52. The fourth-order valence-corrected chi connectivity index (χ4v) is 4.66. The number of hydrogen-bond acceptors (Lipinski definition) is 5. The van der Waals surface area contributed by atoms with Gasteiger partial charge in [0.15, 0.2) is 11.5 Å². The van der Waals surface area contributed by atoms with Crippen molar-refractivity contribution in [2.45, 2.75) is 11.5 Å². The summed E-state index contributed by atoms with van der Waals surface area (Å²) < 4.78 is 21.8. The van der Waals surface area contributed by atoms with Gasteiger partial charge in [-0.15, -0.1) is 0 Å². The lowest BCUT2D eigenvalue weighted by molar-refractivity contribution is 0.122. The summed E-state index contributed by atoms with van der Waals surface area (Å²) in [7, 11) is 6.46. The Bertz CT molecular complexity index is 1190. The second-order valence-electron chi connectivity index (χ2n) is 8.15. The van der Waals surface area contributed by atoms with E-state index in [4.69, 9.17) is 18.9 Å². The van der Waals surface area contributed by atoms with E-state index in [9.17, 15) is 5.11 Å². The largest absolute Gasteiger partial charge is 0.497 e. The van der Waals surface area contributed by atoms with Crippen molar-refractivity contribution in [3.63, 3.8) is 0 Å². The molecule has 0 aliphatic rings. The van der Waals surface area contributed by atoms with Gasteiger partial charge in [-0.05, 0) is 58.7 Å². The van der Waals surface area contributed by atoms with Crippen LogP contribution in [0.4, 0.5) is 0 Å². The average molecular weight is 471 g/mol. The van der Waals surface area contributed by atoms with Crippen LogP contribution in [0.15, 0.2) is 97.1 Å². The van der Waals surface area contributed by atoms with Gasteiger partial charge in [0.05, 0.1) is 40.0 Å². The smallest absolute Gasteiger partial charge is 0.161 e. The number of aliphatic hydroxyl groups is 1. The molecule has 1 atom stereocenters. The SMILES string of the molecule is COc1ccc(C(c2ccccc2)(c2ccc(OC)cc2)C(O)c2ccc(OC)c(OC)c2)cc1. The Hall–Kier alpha value is -3.96. The molecule has 1 unspecified atom stereocenters. The molecular formula is C30H30O5. The van der Waals surface area contributed by atoms with Crippen molar-refractivity contribution in [3.8, 4) is 23.0 Å². The number of rotatable bonds is 9. The molecule has 0 fully saturated rings. The molecule has 0 bridgehead atoms. The Morgan fingerprint density at radius 2 is 1.03 bits per heavy atom. The molecular weight excluding hydrogens is 440 g/mol. The molecule has 5 nitrogen and oxygen atoms in total. The summed E-state index contributed by atoms with van der Waals surface area (Å²) in [5, 5.41) is 12.3. The van der Waals surface area contributed by atoms with Crippen LogP contribution in [0.2, 0.25) is 0 Å². The summed E-state index contributed by atoms with van der Waals surface area (Å²) in [5.74, 6) is 2.63. The predicted molar refractivity (Wildman–Crippen MR) is 137 cm³/mol. The number of methoxy groups -OCH3 is 4. The summed E-state index contributed by atoms with van der Waals surface area (Å²) in [6.07, 6.45) is -0.966. The number of aliphatic hydroxyl groups excluding tert-OH is 1. The van der Waals surface area contributed by atoms with Crippen LogP contribution in [-0.4, -0.2) is 33.5 Å². The highest BCUT2D eigenvalue weighted by molar-refractivity contribution is 5.56. The molecule has 5 heteroatoms. The average Bonchev–Trinajstić information content (AvgIpc) is 2.94. The van der Waals surface area contributed by atoms with Crippen LogP contribution in [-0.2, 0) is 5.41 Å². The Kier molecular flexibility index (Phi) is 7.28. The van der Waals surface area contributed by atoms with Crippen LogP contribution < -0.4 is 18.9 Å². The van der Waals surface area contributed by atoms with E-state index in [1.807, 2.05) is 97.1 Å². The van der Waals surface area contributed by atoms with Gasteiger partial charge < -0.3 is 24.1 Å². The second-order valence-corrected chi connectivity index (χ2v) is 8.15. The van der Waals surface area contributed by atoms with E-state index in [0.717, 1.165) is 28.2 Å². The maximum Gasteiger partial charge on any atom is 0.161 e. The van der Waals surface area contributed by atoms with E-state index < -0.39 is 11.5 Å². The lowest BCUT2D eigenvalue weighted by Gasteiger charge is -2.40. The summed E-state index contributed by atoms with van der Waals surface area (Å²) in [6, 6.07) is 31.2. The molecule has 35 heavy (non-hydrogen) atoms. The molecule has 0 saturated heterocycles. The molecule has 1 N–H and O–H groups in total. The molecule has 0 spiro atoms. The quantitative estimate of drug-likeness (QED) is 0.314. The minimum atomic E-state index is -0.966. The van der Waals surface area contributed by atoms with E-state index in [1.165, 1.54) is 0 Å². The molecule has 0 radical (unpaired) electrons. The first-order valence-electron chi connectivity index (χ1n) is 11.3. The summed E-state index contributed by atoms with van der Waals surface area (Å²) in [4.78, 5) is 0. The van der Waals surface area contributed by atoms with E-state index in [-0.39, 0.29) is 0 Å². The number of hydrogen-bond donors (Lipinski definition) is 1. The van der Waals surface area contributed by atoms with Crippen LogP contribution in [0.1, 0.15) is 28.4 Å². The molecule has 0 aliphatic heterocycles. The topological polar surface area (TPSA) is 57.2 Å². The molecule has 4 aromatic carbocycles. The van der Waals surface area contributed by atoms with Crippen molar-refractivity contribution in [1.82, 2.24) is 0 Å². The first kappa shape index (κ1) is 24.2. The van der Waals surface area contributed by atoms with Crippen molar-refractivity contribution in [2.75, 3.05) is 28.4 Å². The van der Waals surface area contributed by atoms with Crippen molar-refractivity contribution in [1.29, 1.82) is 0 Å². The highest BCUT2D eigenvalue weighted by Crippen LogP contribution is 2.50. The molecule has 0 saturated carbocycles. The van der Waals surface area contributed by atoms with Gasteiger partial charge in [-0.2, -0.15) is 0 Å². The molecule has 0 amide bonds. The summed E-state index contributed by atoms with van der Waals surface area (Å²) in [6.45, 7) is 0. The first-order chi connectivity index (χ1) is 17.1. The van der Waals surface area contributed by atoms with Crippen LogP contribution >= 0.6 is 0 Å². The first-order valence-corrected chi connectivity index (χ1v) is 11.3. The molecule has 4 rings (SSSR count). The van der Waals surface area contributed by atoms with Crippen LogP contribution in [0.25, 0.3) is 0 Å². The van der Waals surface area contributed by atoms with Gasteiger partial charge in [-0.25, -0.2) is 0 Å². The molecule has 0 aromatic heterocycles. The van der Waals surface area contributed by atoms with E-state index >= 15 is 0 Å². The molecule has 0 heterocycles. The van der Waals surface area contributed by atoms with E-state index in [0.29, 0.717) is 17.1 Å². The fourth-order valence-electron chi connectivity index (χ4n) is 4.66. The standard InChI is InChI=1S/C30H30O5/c1-32-25-15-11-23(12-16-25)30(22-8-6-5-7-9-22,24-13-17-26(33-2)18-14-24)29(31)21-10-19-27(34-3)28(20-21)35-4/h5-20,29,31H,1-4H3. The zero-order valence-corrected chi connectivity index (χ0v) is 20.4. The van der Waals surface area contributed by atoms with Gasteiger partial charge in [-0.1, -0.05) is 60.7 Å². The third-order valence-electron chi connectivity index (χ3n) is 6.45. The minimum absolute atomic E-state index is 0.551. The van der Waals surface area contributed by atoms with Crippen molar-refractivity contribution < 1.29 is 24.1 Å². The van der Waals surface area contributed by atoms with Gasteiger partial charge >= 0.3 is 0 Å². The highest BCUT2D eigenvalue weighted by Gasteiger charge is 2.44. The van der Waals surface area contributed by atoms with Gasteiger partial charge in [0.1, 0.15) is 11.5 Å². The van der Waals surface area contributed by atoms with Crippen molar-refractivity contribution in [3.05, 3.63) is 119 Å². The minimum Gasteiger partial charge on any atom is -0.497 e. The maximum absolute atomic E-state index is 12.3. The molecule has 180 valence electrons. The Balaban J connectivity index is 2.03. The monoisotopic (exact) mass is 470 g/mol. The fraction of sp³-hybridized carbons (Fsp3) is 0.200. The summed E-state index contributed by atoms with van der Waals surface area (Å²) >= 11 is 0. The lowest BCUT2D eigenvalue weighted by Crippen LogP contribution is -2.36. The number of ether oxygens (including phenoxy) is 4. The normalized spacial score (nSPS) is 12.0. The van der Waals surface area contributed by atoms with Gasteiger partial charge in [0.25, 0.3) is 0 Å². The van der Waals surface area contributed by atoms with Crippen molar-refractivity contribution >= 4 is 0 Å². The number of benzene rings is 4. The zero-order valence-electron chi connectivity index (χ0n) is 20.4. The van der Waals surface area contributed by atoms with Crippen LogP contribution in [0.3, 0.4) is 0 Å². The van der Waals surface area contributed by atoms with Crippen LogP contribution in [0.5, 0.6) is 23.0 Å². The van der Waals surface area contributed by atoms with Gasteiger partial charge in [-0.3, -0.25) is 0 Å². The lowest BCUT2D eigenvalue weighted by atomic mass is 9.64. The Labute approximate surface area is 206 Å². The second kappa shape index (κ2) is 10.5. The van der Waals surface area contributed by atoms with Gasteiger partial charge in [0, 0.05) is 0 Å². The van der Waals surface area contributed by atoms with Crippen molar-refractivity contribution in [2.24, 2.45) is 0 Å². The Morgan fingerprint density at radius 1 is 0.543 bits per heavy atom. The highest BCUT2D eigenvalue weighted by atomic mass is 16.5. The Morgan fingerprint density at radius 3 is 1.49 bits per heavy atom. The van der Waals surface area contributed by atoms with E-state index in [2.05, 4.69) is 0 Å². The predicted octanol–water partition coefficient (Wildman–Crippen LogP) is 5.79. The van der Waals surface area contributed by atoms with Crippen LogP contribution in [0, 0.1) is 0 Å². The van der Waals surface area contributed by atoms with Gasteiger partial charge in [0.2, 0.25) is 0 Å². The zero-order chi connectivity index (χ0) is 24.8.